The van der Waals surface area contributed by atoms with Crippen LogP contribution in [-0.2, 0) is 14.8 Å². The first-order valence-corrected chi connectivity index (χ1v) is 12.5. The van der Waals surface area contributed by atoms with Crippen molar-refractivity contribution < 1.29 is 13.2 Å². The highest BCUT2D eigenvalue weighted by Crippen LogP contribution is 2.14. The van der Waals surface area contributed by atoms with Gasteiger partial charge in [-0.2, -0.15) is 0 Å². The van der Waals surface area contributed by atoms with Gasteiger partial charge in [0.25, 0.3) is 0 Å². The molecule has 0 aromatic heterocycles. The Hall–Kier alpha value is -0.660. The first-order chi connectivity index (χ1) is 13.5. The Labute approximate surface area is 199 Å². The van der Waals surface area contributed by atoms with Crippen LogP contribution >= 0.6 is 24.0 Å². The van der Waals surface area contributed by atoms with E-state index in [1.807, 2.05) is 32.6 Å². The van der Waals surface area contributed by atoms with Gasteiger partial charge in [-0.3, -0.25) is 14.7 Å². The van der Waals surface area contributed by atoms with Crippen LogP contribution in [0.15, 0.2) is 4.99 Å². The number of likely N-dealkylation sites (tertiary alicyclic amines) is 1. The Morgan fingerprint density at radius 1 is 1.07 bits per heavy atom. The topological polar surface area (TPSA) is 97.3 Å². The third-order valence-corrected chi connectivity index (χ3v) is 6.28. The lowest BCUT2D eigenvalue weighted by atomic mass is 10.1. The van der Waals surface area contributed by atoms with Crippen LogP contribution in [0, 0.1) is 0 Å². The minimum absolute atomic E-state index is 0. The zero-order valence-electron chi connectivity index (χ0n) is 19.0. The van der Waals surface area contributed by atoms with Crippen molar-refractivity contribution in [3.05, 3.63) is 0 Å². The van der Waals surface area contributed by atoms with Crippen LogP contribution in [0.2, 0.25) is 0 Å². The van der Waals surface area contributed by atoms with Crippen LogP contribution in [0.25, 0.3) is 0 Å². The maximum atomic E-state index is 12.7. The molecular weight excluding hydrogens is 519 g/mol. The van der Waals surface area contributed by atoms with E-state index in [1.54, 1.807) is 0 Å². The molecular formula is C19H39IN6O3S. The van der Waals surface area contributed by atoms with Gasteiger partial charge in [-0.05, 0) is 40.5 Å². The fourth-order valence-electron chi connectivity index (χ4n) is 3.91. The number of hydrogen-bond donors (Lipinski definition) is 2. The van der Waals surface area contributed by atoms with Crippen LogP contribution in [0.4, 0.5) is 0 Å². The maximum Gasteiger partial charge on any atom is 0.239 e. The molecule has 2 heterocycles. The molecule has 9 nitrogen and oxygen atoms in total. The highest BCUT2D eigenvalue weighted by Gasteiger charge is 2.31. The number of piperazine rings is 1. The van der Waals surface area contributed by atoms with Crippen molar-refractivity contribution in [2.75, 3.05) is 58.6 Å². The summed E-state index contributed by atoms with van der Waals surface area (Å²) in [6.07, 6.45) is 3.38. The van der Waals surface area contributed by atoms with Gasteiger partial charge in [0.1, 0.15) is 0 Å². The molecule has 2 N–H and O–H groups in total. The van der Waals surface area contributed by atoms with E-state index in [1.165, 1.54) is 0 Å². The van der Waals surface area contributed by atoms with Gasteiger partial charge < -0.3 is 15.1 Å². The van der Waals surface area contributed by atoms with E-state index in [4.69, 9.17) is 0 Å². The highest BCUT2D eigenvalue weighted by atomic mass is 127. The van der Waals surface area contributed by atoms with Crippen LogP contribution in [0.3, 0.4) is 0 Å². The van der Waals surface area contributed by atoms with Gasteiger partial charge in [-0.1, -0.05) is 0 Å². The third kappa shape index (κ3) is 8.46. The average molecular weight is 559 g/mol. The molecule has 2 aliphatic rings. The van der Waals surface area contributed by atoms with Gasteiger partial charge >= 0.3 is 0 Å². The molecule has 0 aromatic carbocycles. The zero-order valence-corrected chi connectivity index (χ0v) is 22.1. The number of nitrogens with one attached hydrogen (secondary N) is 2. The largest absolute Gasteiger partial charge is 0.357 e. The summed E-state index contributed by atoms with van der Waals surface area (Å²) in [6, 6.07) is -0.0901. The number of rotatable bonds is 7. The lowest BCUT2D eigenvalue weighted by Gasteiger charge is -2.39. The van der Waals surface area contributed by atoms with Crippen molar-refractivity contribution in [1.29, 1.82) is 0 Å². The monoisotopic (exact) mass is 558 g/mol. The number of carbonyl (C=O) groups is 1. The van der Waals surface area contributed by atoms with Gasteiger partial charge in [0, 0.05) is 51.4 Å². The second-order valence-corrected chi connectivity index (χ2v) is 10.4. The number of nitrogens with zero attached hydrogens (tertiary/aromatic N) is 4. The first-order valence-electron chi connectivity index (χ1n) is 10.6. The van der Waals surface area contributed by atoms with E-state index in [-0.39, 0.29) is 35.9 Å². The van der Waals surface area contributed by atoms with E-state index in [0.29, 0.717) is 6.54 Å². The van der Waals surface area contributed by atoms with E-state index >= 15 is 0 Å². The van der Waals surface area contributed by atoms with Crippen molar-refractivity contribution in [1.82, 2.24) is 24.7 Å². The normalized spacial score (nSPS) is 20.1. The van der Waals surface area contributed by atoms with E-state index in [0.717, 1.165) is 70.9 Å². The molecule has 0 spiro atoms. The molecule has 1 amide bonds. The minimum Gasteiger partial charge on any atom is -0.357 e. The Morgan fingerprint density at radius 2 is 1.63 bits per heavy atom. The first kappa shape index (κ1) is 27.4. The highest BCUT2D eigenvalue weighted by molar-refractivity contribution is 14.0. The molecule has 1 atom stereocenters. The predicted octanol–water partition coefficient (Wildman–Crippen LogP) is 0.526. The molecule has 0 aliphatic carbocycles. The molecule has 0 radical (unpaired) electrons. The number of guanidine groups is 1. The summed E-state index contributed by atoms with van der Waals surface area (Å²) in [5.74, 6) is 1.03. The van der Waals surface area contributed by atoms with Gasteiger partial charge in [0.05, 0.1) is 18.8 Å². The summed E-state index contributed by atoms with van der Waals surface area (Å²) in [4.78, 5) is 23.8. The second kappa shape index (κ2) is 11.8. The fourth-order valence-corrected chi connectivity index (χ4v) is 4.98. The van der Waals surface area contributed by atoms with Crippen molar-refractivity contribution in [2.45, 2.75) is 52.1 Å². The number of amides is 1. The molecule has 1 unspecified atom stereocenters. The number of sulfonamides is 1. The summed E-state index contributed by atoms with van der Waals surface area (Å²) in [5.41, 5.74) is -0.660. The summed E-state index contributed by atoms with van der Waals surface area (Å²) >= 11 is 0. The van der Waals surface area contributed by atoms with Crippen molar-refractivity contribution >= 4 is 45.9 Å². The molecule has 11 heteroatoms. The van der Waals surface area contributed by atoms with Crippen LogP contribution in [0.5, 0.6) is 0 Å². The van der Waals surface area contributed by atoms with E-state index in [2.05, 4.69) is 24.8 Å². The third-order valence-electron chi connectivity index (χ3n) is 5.36. The lowest BCUT2D eigenvalue weighted by molar-refractivity contribution is -0.135. The van der Waals surface area contributed by atoms with Crippen molar-refractivity contribution in [3.8, 4) is 0 Å². The summed E-state index contributed by atoms with van der Waals surface area (Å²) < 4.78 is 25.7. The molecule has 2 fully saturated rings. The van der Waals surface area contributed by atoms with Gasteiger partial charge in [-0.25, -0.2) is 13.1 Å². The predicted molar refractivity (Wildman–Crippen MR) is 132 cm³/mol. The lowest BCUT2D eigenvalue weighted by Crippen LogP contribution is -2.57. The Morgan fingerprint density at radius 3 is 2.13 bits per heavy atom. The average Bonchev–Trinajstić information content (AvgIpc) is 3.17. The minimum atomic E-state index is -3.29. The molecule has 2 rings (SSSR count). The summed E-state index contributed by atoms with van der Waals surface area (Å²) in [5, 5.41) is 3.30. The molecule has 2 saturated heterocycles. The molecule has 0 saturated carbocycles. The van der Waals surface area contributed by atoms with Gasteiger partial charge in [0.15, 0.2) is 5.96 Å². The van der Waals surface area contributed by atoms with Crippen LogP contribution < -0.4 is 10.0 Å². The van der Waals surface area contributed by atoms with Crippen LogP contribution in [-0.4, -0.2) is 105 Å². The maximum absolute atomic E-state index is 12.7. The fraction of sp³-hybridized carbons (Fsp3) is 0.895. The SMILES string of the molecule is CCNC(=NCC(C)(C)NS(C)(=O)=O)N1CCN(C(C)C(=O)N2CCCC2)CC1.I. The quantitative estimate of drug-likeness (QED) is 0.269. The van der Waals surface area contributed by atoms with Crippen LogP contribution in [0.1, 0.15) is 40.5 Å². The second-order valence-electron chi connectivity index (χ2n) is 8.66. The van der Waals surface area contributed by atoms with Crippen molar-refractivity contribution in [2.24, 2.45) is 4.99 Å². The van der Waals surface area contributed by atoms with Crippen molar-refractivity contribution in [3.63, 3.8) is 0 Å². The molecule has 30 heavy (non-hydrogen) atoms. The number of carbonyl (C=O) groups excluding carboxylic acids is 1. The Balaban J connectivity index is 0.00000450. The molecule has 0 bridgehead atoms. The molecule has 0 aromatic rings. The number of halogens is 1. The van der Waals surface area contributed by atoms with E-state index < -0.39 is 15.6 Å². The van der Waals surface area contributed by atoms with Gasteiger partial charge in [-0.15, -0.1) is 24.0 Å². The zero-order chi connectivity index (χ0) is 21.7. The number of aliphatic imine (C=N–C) groups is 1. The Bertz CT molecular complexity index is 686. The summed E-state index contributed by atoms with van der Waals surface area (Å²) in [7, 11) is -3.29. The molecule has 2 aliphatic heterocycles. The Kier molecular flexibility index (Phi) is 10.8. The van der Waals surface area contributed by atoms with E-state index in [9.17, 15) is 13.2 Å². The summed E-state index contributed by atoms with van der Waals surface area (Å²) in [6.45, 7) is 13.7. The number of hydrogen-bond acceptors (Lipinski definition) is 5. The van der Waals surface area contributed by atoms with Gasteiger partial charge in [0.2, 0.25) is 15.9 Å². The smallest absolute Gasteiger partial charge is 0.239 e. The molecule has 176 valence electrons. The standard InChI is InChI=1S/C19H38N6O3S.HI/c1-6-20-18(21-15-19(3,4)22-29(5,27)28)25-13-11-23(12-14-25)16(2)17(26)24-9-7-8-10-24;/h16,22H,6-15H2,1-5H3,(H,20,21);1H.